The molecule has 2 N–H and O–H groups in total. The molecule has 0 bridgehead atoms. The molecular weight excluding hydrogens is 252 g/mol. The number of halogens is 2. The maximum Gasteiger partial charge on any atom is 0.248 e. The lowest BCUT2D eigenvalue weighted by atomic mass is 9.98. The van der Waals surface area contributed by atoms with Crippen LogP contribution in [0, 0.1) is 0 Å². The van der Waals surface area contributed by atoms with Crippen LogP contribution in [0.15, 0.2) is 12.4 Å². The fourth-order valence-corrected chi connectivity index (χ4v) is 2.70. The van der Waals surface area contributed by atoms with E-state index < -0.39 is 5.92 Å². The van der Waals surface area contributed by atoms with Crippen molar-refractivity contribution in [1.29, 1.82) is 0 Å². The van der Waals surface area contributed by atoms with Crippen LogP contribution in [-0.4, -0.2) is 25.5 Å². The third-order valence-corrected chi connectivity index (χ3v) is 3.64. The van der Waals surface area contributed by atoms with Crippen LogP contribution < -0.4 is 5.73 Å². The zero-order valence-corrected chi connectivity index (χ0v) is 10.4. The van der Waals surface area contributed by atoms with Gasteiger partial charge in [-0.2, -0.15) is 0 Å². The molecule has 1 unspecified atom stereocenters. The van der Waals surface area contributed by atoms with Gasteiger partial charge in [-0.25, -0.2) is 13.8 Å². The molecule has 1 fully saturated rings. The highest BCUT2D eigenvalue weighted by molar-refractivity contribution is 5.58. The lowest BCUT2D eigenvalue weighted by Crippen LogP contribution is -2.18. The van der Waals surface area contributed by atoms with Crippen molar-refractivity contribution in [2.75, 3.05) is 5.73 Å². The van der Waals surface area contributed by atoms with Crippen LogP contribution in [0.4, 0.5) is 14.6 Å². The standard InChI is InChI=1S/C12H15F2N5/c13-12(14)4-2-1-3-8(7-12)10-17-18-11-9(15)16-5-6-19(10)11/h5-6,8H,1-4,7H2,(H2,15,16). The van der Waals surface area contributed by atoms with Crippen molar-refractivity contribution in [1.82, 2.24) is 19.6 Å². The fourth-order valence-electron chi connectivity index (χ4n) is 2.70. The number of nitrogens with zero attached hydrogens (tertiary/aromatic N) is 4. The summed E-state index contributed by atoms with van der Waals surface area (Å²) in [5.41, 5.74) is 6.14. The van der Waals surface area contributed by atoms with Crippen molar-refractivity contribution in [3.05, 3.63) is 18.2 Å². The van der Waals surface area contributed by atoms with Crippen LogP contribution in [0.1, 0.15) is 43.8 Å². The normalized spacial score (nSPS) is 23.4. The van der Waals surface area contributed by atoms with E-state index in [-0.39, 0.29) is 24.6 Å². The molecule has 2 aromatic rings. The molecule has 102 valence electrons. The van der Waals surface area contributed by atoms with Gasteiger partial charge in [-0.1, -0.05) is 6.42 Å². The van der Waals surface area contributed by atoms with Gasteiger partial charge in [-0.15, -0.1) is 10.2 Å². The highest BCUT2D eigenvalue weighted by Crippen LogP contribution is 2.39. The molecule has 0 radical (unpaired) electrons. The molecule has 1 aliphatic rings. The molecule has 0 aliphatic heterocycles. The Balaban J connectivity index is 2.01. The number of rotatable bonds is 1. The van der Waals surface area contributed by atoms with E-state index >= 15 is 0 Å². The first kappa shape index (κ1) is 12.3. The number of aromatic nitrogens is 4. The van der Waals surface area contributed by atoms with E-state index in [9.17, 15) is 8.78 Å². The minimum Gasteiger partial charge on any atom is -0.381 e. The fraction of sp³-hybridized carbons (Fsp3) is 0.583. The van der Waals surface area contributed by atoms with Crippen LogP contribution in [0.25, 0.3) is 5.65 Å². The summed E-state index contributed by atoms with van der Waals surface area (Å²) in [5.74, 6) is -2.08. The Morgan fingerprint density at radius 1 is 1.32 bits per heavy atom. The molecule has 7 heteroatoms. The van der Waals surface area contributed by atoms with Crippen molar-refractivity contribution in [3.8, 4) is 0 Å². The van der Waals surface area contributed by atoms with Crippen molar-refractivity contribution >= 4 is 11.5 Å². The second kappa shape index (κ2) is 4.40. The number of anilines is 1. The molecule has 3 rings (SSSR count). The average molecular weight is 267 g/mol. The molecule has 0 spiro atoms. The zero-order chi connectivity index (χ0) is 13.5. The van der Waals surface area contributed by atoms with Gasteiger partial charge in [0.25, 0.3) is 0 Å². The third kappa shape index (κ3) is 2.24. The monoisotopic (exact) mass is 267 g/mol. The first-order valence-corrected chi connectivity index (χ1v) is 6.40. The highest BCUT2D eigenvalue weighted by Gasteiger charge is 2.36. The number of nitrogens with two attached hydrogens (primary N) is 1. The van der Waals surface area contributed by atoms with Crippen molar-refractivity contribution < 1.29 is 8.78 Å². The van der Waals surface area contributed by atoms with Gasteiger partial charge in [-0.05, 0) is 12.8 Å². The summed E-state index contributed by atoms with van der Waals surface area (Å²) >= 11 is 0. The Kier molecular flexibility index (Phi) is 2.83. The smallest absolute Gasteiger partial charge is 0.248 e. The Morgan fingerprint density at radius 2 is 2.16 bits per heavy atom. The van der Waals surface area contributed by atoms with Gasteiger partial charge >= 0.3 is 0 Å². The first-order valence-electron chi connectivity index (χ1n) is 6.40. The van der Waals surface area contributed by atoms with E-state index in [1.165, 1.54) is 6.20 Å². The van der Waals surface area contributed by atoms with Crippen LogP contribution >= 0.6 is 0 Å². The topological polar surface area (TPSA) is 69.1 Å². The predicted molar refractivity (Wildman–Crippen MR) is 66.0 cm³/mol. The Hall–Kier alpha value is -1.79. The summed E-state index contributed by atoms with van der Waals surface area (Å²) in [7, 11) is 0. The van der Waals surface area contributed by atoms with Crippen molar-refractivity contribution in [2.45, 2.75) is 43.9 Å². The van der Waals surface area contributed by atoms with Gasteiger partial charge in [0.1, 0.15) is 5.82 Å². The predicted octanol–water partition coefficient (Wildman–Crippen LogP) is 2.39. The summed E-state index contributed by atoms with van der Waals surface area (Å²) in [6, 6.07) is 0. The van der Waals surface area contributed by atoms with Crippen molar-refractivity contribution in [2.24, 2.45) is 0 Å². The highest BCUT2D eigenvalue weighted by atomic mass is 19.3. The summed E-state index contributed by atoms with van der Waals surface area (Å²) in [6.07, 6.45) is 5.05. The van der Waals surface area contributed by atoms with E-state index in [4.69, 9.17) is 5.73 Å². The van der Waals surface area contributed by atoms with E-state index in [1.54, 1.807) is 10.6 Å². The van der Waals surface area contributed by atoms with Gasteiger partial charge in [0.05, 0.1) is 0 Å². The summed E-state index contributed by atoms with van der Waals surface area (Å²) in [6.45, 7) is 0. The van der Waals surface area contributed by atoms with Crippen LogP contribution in [0.5, 0.6) is 0 Å². The molecule has 0 amide bonds. The summed E-state index contributed by atoms with van der Waals surface area (Å²) in [4.78, 5) is 3.92. The number of hydrogen-bond acceptors (Lipinski definition) is 4. The van der Waals surface area contributed by atoms with E-state index in [1.807, 2.05) is 0 Å². The Labute approximate surface area is 108 Å². The first-order chi connectivity index (χ1) is 9.07. The number of nitrogen functional groups attached to an aromatic ring is 1. The SMILES string of the molecule is Nc1nccn2c(C3CCCCC(F)(F)C3)nnc12. The Morgan fingerprint density at radius 3 is 3.00 bits per heavy atom. The summed E-state index contributed by atoms with van der Waals surface area (Å²) in [5, 5.41) is 8.00. The van der Waals surface area contributed by atoms with Crippen LogP contribution in [-0.2, 0) is 0 Å². The van der Waals surface area contributed by atoms with E-state index in [2.05, 4.69) is 15.2 Å². The minimum atomic E-state index is -2.62. The summed E-state index contributed by atoms with van der Waals surface area (Å²) < 4.78 is 29.1. The maximum absolute atomic E-state index is 13.7. The molecule has 1 atom stereocenters. The van der Waals surface area contributed by atoms with Gasteiger partial charge in [0.15, 0.2) is 5.82 Å². The lowest BCUT2D eigenvalue weighted by molar-refractivity contribution is -0.0186. The van der Waals surface area contributed by atoms with E-state index in [0.717, 1.165) is 6.42 Å². The van der Waals surface area contributed by atoms with Crippen LogP contribution in [0.3, 0.4) is 0 Å². The average Bonchev–Trinajstić information content (AvgIpc) is 2.70. The molecule has 1 saturated carbocycles. The number of fused-ring (bicyclic) bond motifs is 1. The molecular formula is C12H15F2N5. The van der Waals surface area contributed by atoms with E-state index in [0.29, 0.717) is 24.3 Å². The quantitative estimate of drug-likeness (QED) is 0.805. The van der Waals surface area contributed by atoms with Gasteiger partial charge in [-0.3, -0.25) is 4.40 Å². The maximum atomic E-state index is 13.7. The number of hydrogen-bond donors (Lipinski definition) is 1. The minimum absolute atomic E-state index is 0.0378. The van der Waals surface area contributed by atoms with Gasteiger partial charge in [0.2, 0.25) is 11.6 Å². The zero-order valence-electron chi connectivity index (χ0n) is 10.4. The van der Waals surface area contributed by atoms with Gasteiger partial charge < -0.3 is 5.73 Å². The second-order valence-electron chi connectivity index (χ2n) is 5.07. The molecule has 0 saturated heterocycles. The lowest BCUT2D eigenvalue weighted by Gasteiger charge is -2.18. The molecule has 2 aromatic heterocycles. The number of alkyl halides is 2. The van der Waals surface area contributed by atoms with Crippen molar-refractivity contribution in [3.63, 3.8) is 0 Å². The molecule has 1 aliphatic carbocycles. The Bertz CT molecular complexity index is 595. The third-order valence-electron chi connectivity index (χ3n) is 3.64. The van der Waals surface area contributed by atoms with Crippen LogP contribution in [0.2, 0.25) is 0 Å². The molecule has 2 heterocycles. The van der Waals surface area contributed by atoms with Gasteiger partial charge in [0, 0.05) is 31.2 Å². The molecule has 19 heavy (non-hydrogen) atoms. The molecule has 0 aromatic carbocycles. The second-order valence-corrected chi connectivity index (χ2v) is 5.07. The molecule has 5 nitrogen and oxygen atoms in total. The largest absolute Gasteiger partial charge is 0.381 e.